The predicted octanol–water partition coefficient (Wildman–Crippen LogP) is 1.50. The van der Waals surface area contributed by atoms with Gasteiger partial charge in [0.05, 0.1) is 0 Å². The molecule has 0 bridgehead atoms. The molecule has 1 amide bonds. The Morgan fingerprint density at radius 3 is 2.50 bits per heavy atom. The van der Waals surface area contributed by atoms with E-state index in [4.69, 9.17) is 5.11 Å². The van der Waals surface area contributed by atoms with E-state index in [-0.39, 0.29) is 5.91 Å². The van der Waals surface area contributed by atoms with Crippen LogP contribution in [0.4, 0.5) is 4.39 Å². The van der Waals surface area contributed by atoms with E-state index >= 15 is 0 Å². The number of carboxylic acids is 1. The molecule has 16 heavy (non-hydrogen) atoms. The predicted molar refractivity (Wildman–Crippen MR) is 56.7 cm³/mol. The number of alkyl halides is 1. The van der Waals surface area contributed by atoms with Gasteiger partial charge in [0.2, 0.25) is 5.91 Å². The topological polar surface area (TPSA) is 66.4 Å². The number of halogens is 1. The smallest absolute Gasteiger partial charge is 0.328 e. The first-order valence-corrected chi connectivity index (χ1v) is 5.71. The highest BCUT2D eigenvalue weighted by Crippen LogP contribution is 2.28. The van der Waals surface area contributed by atoms with Gasteiger partial charge >= 0.3 is 5.97 Å². The maximum atomic E-state index is 12.2. The van der Waals surface area contributed by atoms with Crippen LogP contribution in [0.1, 0.15) is 38.5 Å². The van der Waals surface area contributed by atoms with E-state index in [1.807, 2.05) is 0 Å². The summed E-state index contributed by atoms with van der Waals surface area (Å²) in [6.45, 7) is -1.06. The lowest BCUT2D eigenvalue weighted by atomic mass is 10.0. The lowest BCUT2D eigenvalue weighted by molar-refractivity contribution is -0.142. The van der Waals surface area contributed by atoms with Crippen molar-refractivity contribution in [1.82, 2.24) is 5.32 Å². The molecule has 0 aromatic carbocycles. The molecule has 1 aliphatic rings. The molecule has 1 atom stereocenters. The Morgan fingerprint density at radius 1 is 1.38 bits per heavy atom. The first-order valence-electron chi connectivity index (χ1n) is 5.71. The van der Waals surface area contributed by atoms with Gasteiger partial charge in [-0.25, -0.2) is 9.18 Å². The fraction of sp³-hybridized carbons (Fsp3) is 0.818. The molecule has 0 aromatic heterocycles. The lowest BCUT2D eigenvalue weighted by Crippen LogP contribution is -2.42. The lowest BCUT2D eigenvalue weighted by Gasteiger charge is -2.12. The van der Waals surface area contributed by atoms with Crippen molar-refractivity contribution < 1.29 is 19.1 Å². The zero-order valence-corrected chi connectivity index (χ0v) is 9.25. The summed E-state index contributed by atoms with van der Waals surface area (Å²) in [6.07, 6.45) is 5.82. The standard InChI is InChI=1S/C11H18FNO3/c12-7-9(11(15)16)13-10(14)6-5-8-3-1-2-4-8/h8-9H,1-7H2,(H,13,14)(H,15,16). The second kappa shape index (κ2) is 6.45. The largest absolute Gasteiger partial charge is 0.480 e. The summed E-state index contributed by atoms with van der Waals surface area (Å²) in [7, 11) is 0. The third-order valence-corrected chi connectivity index (χ3v) is 3.04. The Kier molecular flexibility index (Phi) is 5.22. The summed E-state index contributed by atoms with van der Waals surface area (Å²) in [6, 6.07) is -1.39. The molecule has 92 valence electrons. The number of hydrogen-bond donors (Lipinski definition) is 2. The zero-order valence-electron chi connectivity index (χ0n) is 9.25. The molecule has 1 rings (SSSR count). The highest BCUT2D eigenvalue weighted by Gasteiger charge is 2.21. The van der Waals surface area contributed by atoms with Crippen molar-refractivity contribution in [3.63, 3.8) is 0 Å². The van der Waals surface area contributed by atoms with Crippen LogP contribution in [0.3, 0.4) is 0 Å². The number of hydrogen-bond acceptors (Lipinski definition) is 2. The van der Waals surface area contributed by atoms with Crippen LogP contribution in [0.25, 0.3) is 0 Å². The SMILES string of the molecule is O=C(CCC1CCCC1)NC(CF)C(=O)O. The van der Waals surface area contributed by atoms with Crippen molar-refractivity contribution in [2.45, 2.75) is 44.6 Å². The van der Waals surface area contributed by atoms with Crippen molar-refractivity contribution in [1.29, 1.82) is 0 Å². The minimum absolute atomic E-state index is 0.300. The zero-order chi connectivity index (χ0) is 12.0. The Morgan fingerprint density at radius 2 is 2.00 bits per heavy atom. The third kappa shape index (κ3) is 4.16. The van der Waals surface area contributed by atoms with Crippen LogP contribution in [0, 0.1) is 5.92 Å². The van der Waals surface area contributed by atoms with Gasteiger partial charge in [-0.2, -0.15) is 0 Å². The van der Waals surface area contributed by atoms with Gasteiger partial charge < -0.3 is 10.4 Å². The Balaban J connectivity index is 2.21. The van der Waals surface area contributed by atoms with Gasteiger partial charge in [-0.05, 0) is 12.3 Å². The normalized spacial score (nSPS) is 18.3. The van der Waals surface area contributed by atoms with E-state index in [0.717, 1.165) is 19.3 Å². The first kappa shape index (κ1) is 12.9. The molecule has 5 heteroatoms. The molecule has 2 N–H and O–H groups in total. The first-order chi connectivity index (χ1) is 7.63. The Hall–Kier alpha value is -1.13. The summed E-state index contributed by atoms with van der Waals surface area (Å²) in [4.78, 5) is 21.8. The molecular formula is C11H18FNO3. The second-order valence-electron chi connectivity index (χ2n) is 4.30. The maximum absolute atomic E-state index is 12.2. The molecule has 0 heterocycles. The quantitative estimate of drug-likeness (QED) is 0.728. The van der Waals surface area contributed by atoms with E-state index in [1.165, 1.54) is 12.8 Å². The van der Waals surface area contributed by atoms with Crippen LogP contribution >= 0.6 is 0 Å². The van der Waals surface area contributed by atoms with Crippen molar-refractivity contribution >= 4 is 11.9 Å². The number of nitrogens with one attached hydrogen (secondary N) is 1. The molecule has 0 radical (unpaired) electrons. The monoisotopic (exact) mass is 231 g/mol. The molecule has 4 nitrogen and oxygen atoms in total. The summed E-state index contributed by atoms with van der Waals surface area (Å²) >= 11 is 0. The van der Waals surface area contributed by atoms with E-state index in [1.54, 1.807) is 0 Å². The molecule has 1 aliphatic carbocycles. The number of carbonyl (C=O) groups excluding carboxylic acids is 1. The van der Waals surface area contributed by atoms with E-state index in [9.17, 15) is 14.0 Å². The van der Waals surface area contributed by atoms with Gasteiger partial charge in [-0.15, -0.1) is 0 Å². The number of aliphatic carboxylic acids is 1. The Labute approximate surface area is 94.2 Å². The summed E-state index contributed by atoms with van der Waals surface area (Å²) in [5.74, 6) is -1.10. The maximum Gasteiger partial charge on any atom is 0.328 e. The van der Waals surface area contributed by atoms with Gasteiger partial charge in [0.15, 0.2) is 6.04 Å². The molecule has 1 fully saturated rings. The highest BCUT2D eigenvalue weighted by atomic mass is 19.1. The van der Waals surface area contributed by atoms with Gasteiger partial charge in [-0.1, -0.05) is 25.7 Å². The van der Waals surface area contributed by atoms with E-state index in [0.29, 0.717) is 12.3 Å². The van der Waals surface area contributed by atoms with Crippen molar-refractivity contribution in [2.75, 3.05) is 6.67 Å². The molecule has 0 spiro atoms. The number of rotatable bonds is 6. The average Bonchev–Trinajstić information content (AvgIpc) is 2.75. The van der Waals surface area contributed by atoms with Crippen molar-refractivity contribution in [3.8, 4) is 0 Å². The molecule has 0 aromatic rings. The van der Waals surface area contributed by atoms with Crippen LogP contribution in [0.5, 0.6) is 0 Å². The van der Waals surface area contributed by atoms with Crippen molar-refractivity contribution in [3.05, 3.63) is 0 Å². The number of carboxylic acid groups (broad SMARTS) is 1. The highest BCUT2D eigenvalue weighted by molar-refractivity contribution is 5.83. The van der Waals surface area contributed by atoms with Crippen LogP contribution in [0.2, 0.25) is 0 Å². The third-order valence-electron chi connectivity index (χ3n) is 3.04. The van der Waals surface area contributed by atoms with Gasteiger partial charge in [0.25, 0.3) is 0 Å². The Bertz CT molecular complexity index is 252. The molecule has 1 unspecified atom stereocenters. The minimum Gasteiger partial charge on any atom is -0.480 e. The molecule has 0 saturated heterocycles. The fourth-order valence-corrected chi connectivity index (χ4v) is 2.07. The molecule has 0 aliphatic heterocycles. The van der Waals surface area contributed by atoms with Crippen LogP contribution < -0.4 is 5.32 Å². The summed E-state index contributed by atoms with van der Waals surface area (Å²) in [5, 5.41) is 10.7. The molecular weight excluding hydrogens is 213 g/mol. The summed E-state index contributed by atoms with van der Waals surface area (Å²) < 4.78 is 12.2. The van der Waals surface area contributed by atoms with Crippen LogP contribution in [0.15, 0.2) is 0 Å². The summed E-state index contributed by atoms with van der Waals surface area (Å²) in [5.41, 5.74) is 0. The van der Waals surface area contributed by atoms with Crippen molar-refractivity contribution in [2.24, 2.45) is 5.92 Å². The number of carbonyl (C=O) groups is 2. The van der Waals surface area contributed by atoms with Crippen LogP contribution in [-0.2, 0) is 9.59 Å². The minimum atomic E-state index is -1.39. The number of amides is 1. The van der Waals surface area contributed by atoms with Gasteiger partial charge in [-0.3, -0.25) is 4.79 Å². The second-order valence-corrected chi connectivity index (χ2v) is 4.30. The van der Waals surface area contributed by atoms with E-state index < -0.39 is 18.7 Å². The van der Waals surface area contributed by atoms with Gasteiger partial charge in [0.1, 0.15) is 6.67 Å². The fourth-order valence-electron chi connectivity index (χ4n) is 2.07. The van der Waals surface area contributed by atoms with Crippen LogP contribution in [-0.4, -0.2) is 29.7 Å². The van der Waals surface area contributed by atoms with E-state index in [2.05, 4.69) is 5.32 Å². The average molecular weight is 231 g/mol. The van der Waals surface area contributed by atoms with Gasteiger partial charge in [0, 0.05) is 6.42 Å². The molecule has 1 saturated carbocycles.